The van der Waals surface area contributed by atoms with Gasteiger partial charge in [0.15, 0.2) is 0 Å². The molecule has 0 saturated carbocycles. The van der Waals surface area contributed by atoms with Crippen molar-refractivity contribution in [1.29, 1.82) is 0 Å². The van der Waals surface area contributed by atoms with Crippen LogP contribution < -0.4 is 11.4 Å². The van der Waals surface area contributed by atoms with Gasteiger partial charge in [-0.05, 0) is 49.2 Å². The third-order valence-electron chi connectivity index (χ3n) is 4.84. The van der Waals surface area contributed by atoms with Gasteiger partial charge in [-0.2, -0.15) is 0 Å². The van der Waals surface area contributed by atoms with Gasteiger partial charge in [-0.15, -0.1) is 0 Å². The highest BCUT2D eigenvalue weighted by Crippen LogP contribution is 2.37. The molecule has 0 saturated heterocycles. The number of carbonyl (C=O) groups excluding carboxylic acids is 1. The highest BCUT2D eigenvalue weighted by atomic mass is 35.5. The van der Waals surface area contributed by atoms with Crippen molar-refractivity contribution in [3.63, 3.8) is 0 Å². The summed E-state index contributed by atoms with van der Waals surface area (Å²) < 4.78 is 6.35. The van der Waals surface area contributed by atoms with Gasteiger partial charge in [-0.1, -0.05) is 48.7 Å². The van der Waals surface area contributed by atoms with Crippen LogP contribution in [0.2, 0.25) is 10.0 Å². The van der Waals surface area contributed by atoms with E-state index in [1.54, 1.807) is 37.3 Å². The molecule has 1 aromatic heterocycles. The Bertz CT molecular complexity index is 1110. The van der Waals surface area contributed by atoms with E-state index in [1.165, 1.54) is 0 Å². The molecule has 3 rings (SSSR count). The van der Waals surface area contributed by atoms with Crippen molar-refractivity contribution >= 4 is 40.1 Å². The summed E-state index contributed by atoms with van der Waals surface area (Å²) in [5.74, 6) is 4.95. The molecule has 1 unspecified atom stereocenters. The third-order valence-corrected chi connectivity index (χ3v) is 5.32. The van der Waals surface area contributed by atoms with Gasteiger partial charge in [0, 0.05) is 26.6 Å². The summed E-state index contributed by atoms with van der Waals surface area (Å²) in [6.45, 7) is 3.92. The summed E-state index contributed by atoms with van der Waals surface area (Å²) in [5, 5.41) is 1.75. The van der Waals surface area contributed by atoms with Crippen molar-refractivity contribution in [3.8, 4) is 11.1 Å². The summed E-state index contributed by atoms with van der Waals surface area (Å²) in [6, 6.07) is 12.2. The first-order chi connectivity index (χ1) is 13.9. The Morgan fingerprint density at radius 1 is 1.10 bits per heavy atom. The van der Waals surface area contributed by atoms with E-state index in [2.05, 4.69) is 0 Å². The number of nitrogen functional groups attached to an aromatic ring is 1. The molecule has 0 amide bonds. The summed E-state index contributed by atoms with van der Waals surface area (Å²) >= 11 is 12.3. The largest absolute Gasteiger partial charge is 0.466 e. The number of carbonyl (C=O) groups is 1. The molecule has 0 bridgehead atoms. The number of ether oxygens (including phenoxy) is 1. The summed E-state index contributed by atoms with van der Waals surface area (Å²) in [4.78, 5) is 26.1. The standard InChI is InChI=1S/C22H22Cl2N2O3/c1-3-5-16(22(28)29-4-2)20-19(13-6-8-14(23)9-7-13)17-12-15(24)10-11-18(17)26(25)21(20)27/h6-12,16H,3-5,25H2,1-2H3. The minimum atomic E-state index is -0.740. The minimum absolute atomic E-state index is 0.228. The van der Waals surface area contributed by atoms with Crippen LogP contribution >= 0.6 is 23.2 Å². The van der Waals surface area contributed by atoms with E-state index in [0.29, 0.717) is 44.9 Å². The van der Waals surface area contributed by atoms with Gasteiger partial charge in [-0.3, -0.25) is 9.59 Å². The molecule has 0 aliphatic heterocycles. The molecule has 2 aromatic carbocycles. The van der Waals surface area contributed by atoms with Crippen LogP contribution in [0.1, 0.15) is 38.2 Å². The predicted octanol–water partition coefficient (Wildman–Crippen LogP) is 5.14. The smallest absolute Gasteiger partial charge is 0.313 e. The van der Waals surface area contributed by atoms with Crippen LogP contribution in [0.15, 0.2) is 47.3 Å². The number of benzene rings is 2. The fourth-order valence-electron chi connectivity index (χ4n) is 3.57. The fourth-order valence-corrected chi connectivity index (χ4v) is 3.87. The molecule has 0 spiro atoms. The lowest BCUT2D eigenvalue weighted by atomic mass is 9.86. The molecule has 0 fully saturated rings. The first-order valence-corrected chi connectivity index (χ1v) is 10.2. The number of aromatic nitrogens is 1. The second-order valence-corrected chi connectivity index (χ2v) is 7.60. The molecule has 0 aliphatic carbocycles. The average Bonchev–Trinajstić information content (AvgIpc) is 2.70. The van der Waals surface area contributed by atoms with E-state index in [1.807, 2.05) is 19.1 Å². The molecular formula is C22H22Cl2N2O3. The lowest BCUT2D eigenvalue weighted by molar-refractivity contribution is -0.145. The Labute approximate surface area is 179 Å². The van der Waals surface area contributed by atoms with E-state index in [9.17, 15) is 9.59 Å². The third kappa shape index (κ3) is 4.11. The van der Waals surface area contributed by atoms with E-state index in [0.717, 1.165) is 10.2 Å². The molecular weight excluding hydrogens is 411 g/mol. The molecule has 5 nitrogen and oxygen atoms in total. The van der Waals surface area contributed by atoms with Gasteiger partial charge >= 0.3 is 5.97 Å². The number of fused-ring (bicyclic) bond motifs is 1. The van der Waals surface area contributed by atoms with E-state index in [-0.39, 0.29) is 6.61 Å². The summed E-state index contributed by atoms with van der Waals surface area (Å²) in [7, 11) is 0. The number of esters is 1. The maximum atomic E-state index is 13.3. The molecule has 0 aliphatic rings. The maximum Gasteiger partial charge on any atom is 0.313 e. The SMILES string of the molecule is CCCC(C(=O)OCC)c1c(-c2ccc(Cl)cc2)c2cc(Cl)ccc2n(N)c1=O. The number of rotatable bonds is 6. The van der Waals surface area contributed by atoms with Crippen LogP contribution in [-0.2, 0) is 9.53 Å². The normalized spacial score (nSPS) is 12.1. The second-order valence-electron chi connectivity index (χ2n) is 6.73. The molecule has 7 heteroatoms. The zero-order chi connectivity index (χ0) is 21.1. The van der Waals surface area contributed by atoms with Gasteiger partial charge in [0.2, 0.25) is 0 Å². The summed E-state index contributed by atoms with van der Waals surface area (Å²) in [5.41, 5.74) is 1.77. The average molecular weight is 433 g/mol. The monoisotopic (exact) mass is 432 g/mol. The van der Waals surface area contributed by atoms with Gasteiger partial charge in [0.1, 0.15) is 0 Å². The van der Waals surface area contributed by atoms with Crippen molar-refractivity contribution in [2.75, 3.05) is 12.4 Å². The summed E-state index contributed by atoms with van der Waals surface area (Å²) in [6.07, 6.45) is 1.15. The highest BCUT2D eigenvalue weighted by molar-refractivity contribution is 6.31. The molecule has 2 N–H and O–H groups in total. The zero-order valence-electron chi connectivity index (χ0n) is 16.2. The van der Waals surface area contributed by atoms with E-state index >= 15 is 0 Å². The lowest BCUT2D eigenvalue weighted by Crippen LogP contribution is -2.34. The molecule has 1 atom stereocenters. The molecule has 152 valence electrons. The quantitative estimate of drug-likeness (QED) is 0.432. The Kier molecular flexibility index (Phi) is 6.50. The van der Waals surface area contributed by atoms with Crippen LogP contribution in [-0.4, -0.2) is 17.3 Å². The fraction of sp³-hybridized carbons (Fsp3) is 0.273. The van der Waals surface area contributed by atoms with Gasteiger partial charge < -0.3 is 10.6 Å². The van der Waals surface area contributed by atoms with Crippen molar-refractivity contribution in [2.45, 2.75) is 32.6 Å². The van der Waals surface area contributed by atoms with Gasteiger partial charge in [0.05, 0.1) is 18.0 Å². The van der Waals surface area contributed by atoms with Crippen LogP contribution in [0.4, 0.5) is 0 Å². The number of halogens is 2. The molecule has 0 radical (unpaired) electrons. The van der Waals surface area contributed by atoms with Crippen molar-refractivity contribution in [3.05, 3.63) is 68.4 Å². The van der Waals surface area contributed by atoms with Crippen molar-refractivity contribution < 1.29 is 9.53 Å². The predicted molar refractivity (Wildman–Crippen MR) is 118 cm³/mol. The molecule has 1 heterocycles. The zero-order valence-corrected chi connectivity index (χ0v) is 17.8. The number of hydrogen-bond acceptors (Lipinski definition) is 4. The van der Waals surface area contributed by atoms with Crippen LogP contribution in [0, 0.1) is 0 Å². The topological polar surface area (TPSA) is 74.3 Å². The number of nitrogens with two attached hydrogens (primary N) is 1. The Balaban J connectivity index is 2.45. The number of nitrogens with zero attached hydrogens (tertiary/aromatic N) is 1. The first kappa shape index (κ1) is 21.2. The Morgan fingerprint density at radius 2 is 1.76 bits per heavy atom. The van der Waals surface area contributed by atoms with Gasteiger partial charge in [0.25, 0.3) is 5.56 Å². The van der Waals surface area contributed by atoms with Crippen LogP contribution in [0.5, 0.6) is 0 Å². The first-order valence-electron chi connectivity index (χ1n) is 9.44. The van der Waals surface area contributed by atoms with Crippen LogP contribution in [0.3, 0.4) is 0 Å². The minimum Gasteiger partial charge on any atom is -0.466 e. The number of pyridine rings is 1. The lowest BCUT2D eigenvalue weighted by Gasteiger charge is -2.21. The van der Waals surface area contributed by atoms with E-state index in [4.69, 9.17) is 33.8 Å². The van der Waals surface area contributed by atoms with Gasteiger partial charge in [-0.25, -0.2) is 4.68 Å². The number of hydrogen-bond donors (Lipinski definition) is 1. The van der Waals surface area contributed by atoms with E-state index < -0.39 is 17.4 Å². The molecule has 29 heavy (non-hydrogen) atoms. The Hall–Kier alpha value is -2.50. The van der Waals surface area contributed by atoms with Crippen LogP contribution in [0.25, 0.3) is 22.0 Å². The maximum absolute atomic E-state index is 13.3. The molecule has 3 aromatic rings. The van der Waals surface area contributed by atoms with Crippen molar-refractivity contribution in [1.82, 2.24) is 4.68 Å². The Morgan fingerprint density at radius 3 is 2.38 bits per heavy atom. The highest BCUT2D eigenvalue weighted by Gasteiger charge is 2.30. The van der Waals surface area contributed by atoms with Crippen molar-refractivity contribution in [2.24, 2.45) is 0 Å². The second kappa shape index (κ2) is 8.89.